The van der Waals surface area contributed by atoms with Crippen molar-refractivity contribution in [3.63, 3.8) is 0 Å². The van der Waals surface area contributed by atoms with Crippen molar-refractivity contribution in [2.75, 3.05) is 14.2 Å². The van der Waals surface area contributed by atoms with Crippen molar-refractivity contribution in [1.82, 2.24) is 10.6 Å². The van der Waals surface area contributed by atoms with E-state index in [0.29, 0.717) is 6.54 Å². The molecule has 2 aromatic rings. The third-order valence-corrected chi connectivity index (χ3v) is 4.07. The van der Waals surface area contributed by atoms with Gasteiger partial charge in [0.15, 0.2) is 0 Å². The van der Waals surface area contributed by atoms with Crippen LogP contribution in [0.4, 0.5) is 0 Å². The highest BCUT2D eigenvalue weighted by Gasteiger charge is 2.10. The number of benzene rings is 2. The molecule has 1 atom stereocenters. The SMILES string of the molecule is COc1ccc(CNC(=O)/C(C#N)=C\NC(C)c2ccc(OC)cc2)cc1. The van der Waals surface area contributed by atoms with E-state index in [-0.39, 0.29) is 11.6 Å². The lowest BCUT2D eigenvalue weighted by Gasteiger charge is -2.13. The molecule has 0 heterocycles. The fourth-order valence-electron chi connectivity index (χ4n) is 2.37. The van der Waals surface area contributed by atoms with Crippen molar-refractivity contribution in [3.05, 3.63) is 71.4 Å². The van der Waals surface area contributed by atoms with Crippen molar-refractivity contribution in [2.24, 2.45) is 0 Å². The third-order valence-electron chi connectivity index (χ3n) is 4.07. The lowest BCUT2D eigenvalue weighted by Crippen LogP contribution is -2.25. The highest BCUT2D eigenvalue weighted by atomic mass is 16.5. The number of amides is 1. The van der Waals surface area contributed by atoms with E-state index in [2.05, 4.69) is 10.6 Å². The Morgan fingerprint density at radius 2 is 1.63 bits per heavy atom. The van der Waals surface area contributed by atoms with Crippen molar-refractivity contribution in [1.29, 1.82) is 5.26 Å². The van der Waals surface area contributed by atoms with Gasteiger partial charge in [0.2, 0.25) is 0 Å². The average Bonchev–Trinajstić information content (AvgIpc) is 2.72. The Morgan fingerprint density at radius 1 is 1.07 bits per heavy atom. The van der Waals surface area contributed by atoms with Gasteiger partial charge in [-0.05, 0) is 42.3 Å². The zero-order chi connectivity index (χ0) is 19.6. The molecule has 0 spiro atoms. The van der Waals surface area contributed by atoms with Crippen LogP contribution in [0, 0.1) is 11.3 Å². The van der Waals surface area contributed by atoms with E-state index in [9.17, 15) is 10.1 Å². The number of ether oxygens (including phenoxy) is 2. The largest absolute Gasteiger partial charge is 0.497 e. The molecule has 140 valence electrons. The Hall–Kier alpha value is -3.46. The molecule has 0 aliphatic carbocycles. The van der Waals surface area contributed by atoms with Gasteiger partial charge in [0.1, 0.15) is 23.1 Å². The van der Waals surface area contributed by atoms with Crippen LogP contribution >= 0.6 is 0 Å². The Bertz CT molecular complexity index is 821. The number of nitriles is 1. The quantitative estimate of drug-likeness (QED) is 0.555. The summed E-state index contributed by atoms with van der Waals surface area (Å²) in [6.45, 7) is 2.28. The molecule has 0 saturated carbocycles. The fourth-order valence-corrected chi connectivity index (χ4v) is 2.37. The van der Waals surface area contributed by atoms with E-state index >= 15 is 0 Å². The maximum atomic E-state index is 12.2. The molecule has 2 rings (SSSR count). The number of methoxy groups -OCH3 is 2. The van der Waals surface area contributed by atoms with Gasteiger partial charge in [0.05, 0.1) is 14.2 Å². The van der Waals surface area contributed by atoms with Crippen molar-refractivity contribution in [2.45, 2.75) is 19.5 Å². The van der Waals surface area contributed by atoms with Gasteiger partial charge in [-0.15, -0.1) is 0 Å². The van der Waals surface area contributed by atoms with Gasteiger partial charge in [-0.25, -0.2) is 0 Å². The summed E-state index contributed by atoms with van der Waals surface area (Å²) in [6.07, 6.45) is 1.44. The molecule has 0 aromatic heterocycles. The monoisotopic (exact) mass is 365 g/mol. The molecule has 6 nitrogen and oxygen atoms in total. The number of rotatable bonds is 8. The Labute approximate surface area is 159 Å². The molecular weight excluding hydrogens is 342 g/mol. The van der Waals surface area contributed by atoms with Crippen LogP contribution in [0.25, 0.3) is 0 Å². The van der Waals surface area contributed by atoms with Crippen molar-refractivity contribution >= 4 is 5.91 Å². The molecule has 2 N–H and O–H groups in total. The zero-order valence-corrected chi connectivity index (χ0v) is 15.7. The van der Waals surface area contributed by atoms with E-state index in [0.717, 1.165) is 22.6 Å². The summed E-state index contributed by atoms with van der Waals surface area (Å²) in [5.74, 6) is 1.10. The summed E-state index contributed by atoms with van der Waals surface area (Å²) in [7, 11) is 3.21. The first-order valence-electron chi connectivity index (χ1n) is 8.48. The van der Waals surface area contributed by atoms with Crippen LogP contribution in [0.1, 0.15) is 24.1 Å². The third kappa shape index (κ3) is 5.79. The van der Waals surface area contributed by atoms with Gasteiger partial charge in [-0.3, -0.25) is 4.79 Å². The first-order valence-corrected chi connectivity index (χ1v) is 8.48. The number of hydrogen-bond acceptors (Lipinski definition) is 5. The molecule has 0 aliphatic rings. The van der Waals surface area contributed by atoms with Crippen LogP contribution < -0.4 is 20.1 Å². The molecule has 0 aliphatic heterocycles. The summed E-state index contributed by atoms with van der Waals surface area (Å²) >= 11 is 0. The molecular formula is C21H23N3O3. The number of carbonyl (C=O) groups is 1. The topological polar surface area (TPSA) is 83.4 Å². The zero-order valence-electron chi connectivity index (χ0n) is 15.7. The molecule has 2 aromatic carbocycles. The number of nitrogens with one attached hydrogen (secondary N) is 2. The molecule has 1 unspecified atom stereocenters. The normalized spacial score (nSPS) is 11.9. The second kappa shape index (κ2) is 9.88. The van der Waals surface area contributed by atoms with Crippen LogP contribution in [0.5, 0.6) is 11.5 Å². The van der Waals surface area contributed by atoms with Crippen molar-refractivity contribution in [3.8, 4) is 17.6 Å². The molecule has 27 heavy (non-hydrogen) atoms. The predicted octanol–water partition coefficient (Wildman–Crippen LogP) is 3.08. The molecule has 6 heteroatoms. The smallest absolute Gasteiger partial charge is 0.263 e. The highest BCUT2D eigenvalue weighted by molar-refractivity contribution is 5.97. The van der Waals surface area contributed by atoms with Crippen LogP contribution in [-0.2, 0) is 11.3 Å². The van der Waals surface area contributed by atoms with Crippen LogP contribution in [-0.4, -0.2) is 20.1 Å². The van der Waals surface area contributed by atoms with E-state index < -0.39 is 5.91 Å². The Balaban J connectivity index is 1.93. The minimum atomic E-state index is -0.428. The first kappa shape index (κ1) is 19.9. The molecule has 0 bridgehead atoms. The van der Waals surface area contributed by atoms with E-state index in [4.69, 9.17) is 9.47 Å². The first-order chi connectivity index (χ1) is 13.1. The summed E-state index contributed by atoms with van der Waals surface area (Å²) in [5.41, 5.74) is 1.95. The van der Waals surface area contributed by atoms with E-state index in [1.807, 2.05) is 61.5 Å². The fraction of sp³-hybridized carbons (Fsp3) is 0.238. The minimum absolute atomic E-state index is 0.0175. The maximum Gasteiger partial charge on any atom is 0.263 e. The van der Waals surface area contributed by atoms with Gasteiger partial charge in [0, 0.05) is 18.8 Å². The number of carbonyl (C=O) groups excluding carboxylic acids is 1. The lowest BCUT2D eigenvalue weighted by molar-refractivity contribution is -0.117. The van der Waals surface area contributed by atoms with Crippen LogP contribution in [0.3, 0.4) is 0 Å². The van der Waals surface area contributed by atoms with E-state index in [1.165, 1.54) is 6.20 Å². The summed E-state index contributed by atoms with van der Waals surface area (Å²) in [4.78, 5) is 12.2. The minimum Gasteiger partial charge on any atom is -0.497 e. The van der Waals surface area contributed by atoms with Gasteiger partial charge >= 0.3 is 0 Å². The van der Waals surface area contributed by atoms with Gasteiger partial charge in [-0.1, -0.05) is 24.3 Å². The molecule has 1 amide bonds. The molecule has 0 fully saturated rings. The Kier molecular flexibility index (Phi) is 7.26. The average molecular weight is 365 g/mol. The van der Waals surface area contributed by atoms with Gasteiger partial charge in [-0.2, -0.15) is 5.26 Å². The van der Waals surface area contributed by atoms with Crippen molar-refractivity contribution < 1.29 is 14.3 Å². The molecule has 0 saturated heterocycles. The van der Waals surface area contributed by atoms with Crippen LogP contribution in [0.15, 0.2) is 60.3 Å². The summed E-state index contributed by atoms with van der Waals surface area (Å²) in [5, 5.41) is 15.1. The highest BCUT2D eigenvalue weighted by Crippen LogP contribution is 2.17. The second-order valence-electron chi connectivity index (χ2n) is 5.86. The number of hydrogen-bond donors (Lipinski definition) is 2. The maximum absolute atomic E-state index is 12.2. The van der Waals surface area contributed by atoms with Gasteiger partial charge in [0.25, 0.3) is 5.91 Å². The summed E-state index contributed by atoms with van der Waals surface area (Å²) < 4.78 is 10.2. The standard InChI is InChI=1S/C21H23N3O3/c1-15(17-6-10-20(27-3)11-7-17)23-14-18(12-22)21(25)24-13-16-4-8-19(26-2)9-5-16/h4-11,14-15,23H,13H2,1-3H3,(H,24,25)/b18-14-. The Morgan fingerprint density at radius 3 is 2.15 bits per heavy atom. The van der Waals surface area contributed by atoms with Gasteiger partial charge < -0.3 is 20.1 Å². The second-order valence-corrected chi connectivity index (χ2v) is 5.86. The lowest BCUT2D eigenvalue weighted by atomic mass is 10.1. The van der Waals surface area contributed by atoms with Crippen LogP contribution in [0.2, 0.25) is 0 Å². The predicted molar refractivity (Wildman–Crippen MR) is 103 cm³/mol. The van der Waals surface area contributed by atoms with E-state index in [1.54, 1.807) is 14.2 Å². The summed E-state index contributed by atoms with van der Waals surface area (Å²) in [6, 6.07) is 16.8. The number of nitrogens with zero attached hydrogens (tertiary/aromatic N) is 1. The molecule has 0 radical (unpaired) electrons.